The molecule has 0 aliphatic rings. The number of hydrogen-bond donors (Lipinski definition) is 0. The molecule has 0 bridgehead atoms. The van der Waals surface area contributed by atoms with E-state index in [9.17, 15) is 18.9 Å². The highest BCUT2D eigenvalue weighted by molar-refractivity contribution is 6.39. The molecule has 0 saturated heterocycles. The van der Waals surface area contributed by atoms with E-state index < -0.39 is 11.5 Å². The summed E-state index contributed by atoms with van der Waals surface area (Å²) in [6.45, 7) is -3.01. The fourth-order valence-corrected chi connectivity index (χ4v) is 2.47. The Morgan fingerprint density at radius 1 is 1.14 bits per heavy atom. The largest absolute Gasteiger partial charge is 0.434 e. The van der Waals surface area contributed by atoms with Gasteiger partial charge in [0, 0.05) is 23.3 Å². The molecule has 110 valence electrons. The van der Waals surface area contributed by atoms with Gasteiger partial charge < -0.3 is 4.74 Å². The van der Waals surface area contributed by atoms with Crippen LogP contribution >= 0.6 is 23.2 Å². The lowest BCUT2D eigenvalue weighted by molar-refractivity contribution is -0.384. The van der Waals surface area contributed by atoms with Crippen molar-refractivity contribution in [1.29, 1.82) is 0 Å². The van der Waals surface area contributed by atoms with Gasteiger partial charge in [0.15, 0.2) is 0 Å². The second-order valence-electron chi connectivity index (χ2n) is 3.92. The number of nitro benzene ring substituents is 1. The summed E-state index contributed by atoms with van der Waals surface area (Å²) in [7, 11) is 0. The fourth-order valence-electron chi connectivity index (χ4n) is 1.79. The molecule has 4 nitrogen and oxygen atoms in total. The molecule has 2 aromatic carbocycles. The van der Waals surface area contributed by atoms with Crippen LogP contribution in [-0.4, -0.2) is 11.5 Å². The smallest absolute Gasteiger partial charge is 0.387 e. The van der Waals surface area contributed by atoms with Crippen molar-refractivity contribution in [3.63, 3.8) is 0 Å². The van der Waals surface area contributed by atoms with E-state index in [1.807, 2.05) is 0 Å². The van der Waals surface area contributed by atoms with Crippen LogP contribution in [0, 0.1) is 10.1 Å². The van der Waals surface area contributed by atoms with Crippen LogP contribution in [-0.2, 0) is 0 Å². The van der Waals surface area contributed by atoms with Crippen molar-refractivity contribution in [1.82, 2.24) is 0 Å². The Bertz CT molecular complexity index is 672. The molecule has 0 heterocycles. The van der Waals surface area contributed by atoms with Gasteiger partial charge in [-0.3, -0.25) is 10.1 Å². The number of alkyl halides is 2. The molecule has 0 N–H and O–H groups in total. The zero-order chi connectivity index (χ0) is 15.6. The van der Waals surface area contributed by atoms with E-state index in [2.05, 4.69) is 4.74 Å². The number of nitro groups is 1. The SMILES string of the molecule is O=[N+]([O-])c1cc(Cl)c(-c2ccccc2OC(F)F)c(Cl)c1. The van der Waals surface area contributed by atoms with Crippen LogP contribution in [0.2, 0.25) is 10.0 Å². The molecule has 0 aromatic heterocycles. The summed E-state index contributed by atoms with van der Waals surface area (Å²) in [5, 5.41) is 10.7. The Labute approximate surface area is 128 Å². The number of para-hydroxylation sites is 1. The van der Waals surface area contributed by atoms with E-state index in [0.29, 0.717) is 0 Å². The van der Waals surface area contributed by atoms with Crippen molar-refractivity contribution < 1.29 is 18.4 Å². The summed E-state index contributed by atoms with van der Waals surface area (Å²) in [6, 6.07) is 8.10. The van der Waals surface area contributed by atoms with Gasteiger partial charge in [-0.2, -0.15) is 8.78 Å². The highest BCUT2D eigenvalue weighted by Crippen LogP contribution is 2.42. The monoisotopic (exact) mass is 333 g/mol. The van der Waals surface area contributed by atoms with Gasteiger partial charge in [0.05, 0.1) is 15.0 Å². The Kier molecular flexibility index (Phi) is 4.59. The summed E-state index contributed by atoms with van der Waals surface area (Å²) >= 11 is 12.0. The molecule has 8 heteroatoms. The van der Waals surface area contributed by atoms with Gasteiger partial charge in [-0.25, -0.2) is 0 Å². The van der Waals surface area contributed by atoms with E-state index in [4.69, 9.17) is 23.2 Å². The summed E-state index contributed by atoms with van der Waals surface area (Å²) in [4.78, 5) is 10.1. The first-order valence-corrected chi connectivity index (χ1v) is 6.33. The van der Waals surface area contributed by atoms with E-state index >= 15 is 0 Å². The third-order valence-corrected chi connectivity index (χ3v) is 3.21. The van der Waals surface area contributed by atoms with Gasteiger partial charge in [0.25, 0.3) is 5.69 Å². The molecule has 0 aliphatic carbocycles. The fraction of sp³-hybridized carbons (Fsp3) is 0.0769. The van der Waals surface area contributed by atoms with E-state index in [0.717, 1.165) is 12.1 Å². The molecular formula is C13H7Cl2F2NO3. The van der Waals surface area contributed by atoms with Crippen molar-refractivity contribution in [3.8, 4) is 16.9 Å². The highest BCUT2D eigenvalue weighted by atomic mass is 35.5. The number of halogens is 4. The second kappa shape index (κ2) is 6.24. The van der Waals surface area contributed by atoms with Crippen molar-refractivity contribution in [2.45, 2.75) is 6.61 Å². The van der Waals surface area contributed by atoms with E-state index in [1.165, 1.54) is 18.2 Å². The van der Waals surface area contributed by atoms with Gasteiger partial charge in [0.2, 0.25) is 0 Å². The van der Waals surface area contributed by atoms with E-state index in [-0.39, 0.29) is 32.6 Å². The molecule has 21 heavy (non-hydrogen) atoms. The molecular weight excluding hydrogens is 327 g/mol. The Morgan fingerprint density at radius 2 is 1.71 bits per heavy atom. The van der Waals surface area contributed by atoms with Crippen LogP contribution < -0.4 is 4.74 Å². The number of rotatable bonds is 4. The van der Waals surface area contributed by atoms with Crippen molar-refractivity contribution in [2.75, 3.05) is 0 Å². The predicted molar refractivity (Wildman–Crippen MR) is 75.2 cm³/mol. The maximum absolute atomic E-state index is 12.4. The van der Waals surface area contributed by atoms with Crippen molar-refractivity contribution in [3.05, 3.63) is 56.6 Å². The first-order chi connectivity index (χ1) is 9.90. The molecule has 2 aromatic rings. The van der Waals surface area contributed by atoms with Gasteiger partial charge in [0.1, 0.15) is 5.75 Å². The van der Waals surface area contributed by atoms with Crippen LogP contribution in [0.5, 0.6) is 5.75 Å². The summed E-state index contributed by atoms with van der Waals surface area (Å²) < 4.78 is 29.2. The van der Waals surface area contributed by atoms with Gasteiger partial charge in [-0.15, -0.1) is 0 Å². The molecule has 0 aliphatic heterocycles. The Morgan fingerprint density at radius 3 is 2.24 bits per heavy atom. The maximum Gasteiger partial charge on any atom is 0.387 e. The minimum atomic E-state index is -3.01. The number of hydrogen-bond acceptors (Lipinski definition) is 3. The average Bonchev–Trinajstić information content (AvgIpc) is 2.39. The molecule has 0 radical (unpaired) electrons. The lowest BCUT2D eigenvalue weighted by Gasteiger charge is -2.13. The van der Waals surface area contributed by atoms with Gasteiger partial charge in [-0.1, -0.05) is 41.4 Å². The zero-order valence-corrected chi connectivity index (χ0v) is 11.7. The molecule has 0 amide bonds. The van der Waals surface area contributed by atoms with Gasteiger partial charge in [-0.05, 0) is 6.07 Å². The highest BCUT2D eigenvalue weighted by Gasteiger charge is 2.19. The second-order valence-corrected chi connectivity index (χ2v) is 4.73. The van der Waals surface area contributed by atoms with Crippen molar-refractivity contribution >= 4 is 28.9 Å². The van der Waals surface area contributed by atoms with E-state index in [1.54, 1.807) is 6.07 Å². The normalized spacial score (nSPS) is 10.7. The third kappa shape index (κ3) is 3.40. The molecule has 2 rings (SSSR count). The number of non-ortho nitro benzene ring substituents is 1. The predicted octanol–water partition coefficient (Wildman–Crippen LogP) is 5.17. The van der Waals surface area contributed by atoms with Crippen LogP contribution in [0.3, 0.4) is 0 Å². The number of ether oxygens (including phenoxy) is 1. The topological polar surface area (TPSA) is 52.4 Å². The lowest BCUT2D eigenvalue weighted by atomic mass is 10.0. The van der Waals surface area contributed by atoms with Gasteiger partial charge >= 0.3 is 6.61 Å². The Balaban J connectivity index is 2.60. The summed E-state index contributed by atoms with van der Waals surface area (Å²) in [5.41, 5.74) is 0.129. The van der Waals surface area contributed by atoms with Crippen LogP contribution in [0.4, 0.5) is 14.5 Å². The van der Waals surface area contributed by atoms with Crippen LogP contribution in [0.1, 0.15) is 0 Å². The molecule has 0 saturated carbocycles. The van der Waals surface area contributed by atoms with Crippen LogP contribution in [0.25, 0.3) is 11.1 Å². The first-order valence-electron chi connectivity index (χ1n) is 5.58. The van der Waals surface area contributed by atoms with Crippen LogP contribution in [0.15, 0.2) is 36.4 Å². The number of nitrogens with zero attached hydrogens (tertiary/aromatic N) is 1. The quantitative estimate of drug-likeness (QED) is 0.572. The number of benzene rings is 2. The third-order valence-electron chi connectivity index (χ3n) is 2.61. The first kappa shape index (κ1) is 15.5. The summed E-state index contributed by atoms with van der Waals surface area (Å²) in [6.07, 6.45) is 0. The molecule has 0 fully saturated rings. The molecule has 0 unspecified atom stereocenters. The standard InChI is InChI=1S/C13H7Cl2F2NO3/c14-9-5-7(18(19)20)6-10(15)12(9)8-3-1-2-4-11(8)21-13(16)17/h1-6,13H. The molecule has 0 spiro atoms. The maximum atomic E-state index is 12.4. The minimum Gasteiger partial charge on any atom is -0.434 e. The molecule has 0 atom stereocenters. The summed E-state index contributed by atoms with van der Waals surface area (Å²) in [5.74, 6) is -0.120. The zero-order valence-electron chi connectivity index (χ0n) is 10.2. The lowest BCUT2D eigenvalue weighted by Crippen LogP contribution is -2.03. The minimum absolute atomic E-state index is 0.0282. The van der Waals surface area contributed by atoms with Crippen molar-refractivity contribution in [2.24, 2.45) is 0 Å². The average molecular weight is 334 g/mol. The Hall–Kier alpha value is -1.92.